The zero-order chi connectivity index (χ0) is 32.0. The van der Waals surface area contributed by atoms with Crippen molar-refractivity contribution in [2.75, 3.05) is 0 Å². The molecular formula is C42H29N5. The van der Waals surface area contributed by atoms with E-state index >= 15 is 0 Å². The quantitative estimate of drug-likeness (QED) is 0.196. The first kappa shape index (κ1) is 28.2. The number of hydrogen-bond donors (Lipinski definition) is 0. The van der Waals surface area contributed by atoms with E-state index in [1.807, 2.05) is 97.2 Å². The van der Waals surface area contributed by atoms with E-state index < -0.39 is 0 Å². The van der Waals surface area contributed by atoms with Gasteiger partial charge < -0.3 is 0 Å². The summed E-state index contributed by atoms with van der Waals surface area (Å²) < 4.78 is 0. The molecule has 0 saturated heterocycles. The number of aromatic nitrogens is 4. The maximum atomic E-state index is 9.58. The van der Waals surface area contributed by atoms with Gasteiger partial charge >= 0.3 is 0 Å². The molecule has 0 fully saturated rings. The lowest BCUT2D eigenvalue weighted by molar-refractivity contribution is 0.660. The first-order chi connectivity index (χ1) is 23.0. The van der Waals surface area contributed by atoms with Crippen LogP contribution in [-0.4, -0.2) is 19.9 Å². The highest BCUT2D eigenvalue weighted by atomic mass is 15.0. The van der Waals surface area contributed by atoms with Crippen LogP contribution >= 0.6 is 0 Å². The molecule has 2 aromatic heterocycles. The van der Waals surface area contributed by atoms with Gasteiger partial charge in [-0.05, 0) is 81.9 Å². The van der Waals surface area contributed by atoms with Gasteiger partial charge in [0.1, 0.15) is 0 Å². The number of nitriles is 1. The Hall–Kier alpha value is -6.25. The third-order valence-electron chi connectivity index (χ3n) is 8.99. The minimum absolute atomic E-state index is 0.252. The summed E-state index contributed by atoms with van der Waals surface area (Å²) in [6.45, 7) is 4.47. The normalized spacial score (nSPS) is 12.6. The van der Waals surface area contributed by atoms with Crippen LogP contribution < -0.4 is 0 Å². The number of nitrogens with zero attached hydrogens (tertiary/aromatic N) is 5. The van der Waals surface area contributed by atoms with Crippen LogP contribution in [-0.2, 0) is 5.41 Å². The molecule has 0 saturated carbocycles. The molecule has 0 radical (unpaired) electrons. The van der Waals surface area contributed by atoms with Gasteiger partial charge in [0.25, 0.3) is 0 Å². The molecule has 0 amide bonds. The van der Waals surface area contributed by atoms with E-state index in [4.69, 9.17) is 19.9 Å². The Morgan fingerprint density at radius 1 is 0.489 bits per heavy atom. The van der Waals surface area contributed by atoms with Crippen molar-refractivity contribution in [1.82, 2.24) is 19.9 Å². The molecule has 0 unspecified atom stereocenters. The van der Waals surface area contributed by atoms with Gasteiger partial charge in [0.2, 0.25) is 0 Å². The summed E-state index contributed by atoms with van der Waals surface area (Å²) in [6, 6.07) is 47.5. The minimum Gasteiger partial charge on any atom is -0.256 e. The summed E-state index contributed by atoms with van der Waals surface area (Å²) >= 11 is 0. The number of pyridine rings is 1. The van der Waals surface area contributed by atoms with Crippen molar-refractivity contribution in [1.29, 1.82) is 5.26 Å². The fraction of sp³-hybridized carbons (Fsp3) is 0.0714. The van der Waals surface area contributed by atoms with E-state index in [0.29, 0.717) is 23.0 Å². The topological polar surface area (TPSA) is 75.3 Å². The monoisotopic (exact) mass is 603 g/mol. The average Bonchev–Trinajstić information content (AvgIpc) is 3.37. The van der Waals surface area contributed by atoms with E-state index in [1.165, 1.54) is 22.3 Å². The van der Waals surface area contributed by atoms with Crippen LogP contribution in [0.25, 0.3) is 67.7 Å². The number of fused-ring (bicyclic) bond motifs is 3. The maximum absolute atomic E-state index is 9.58. The smallest absolute Gasteiger partial charge is 0.164 e. The predicted octanol–water partition coefficient (Wildman–Crippen LogP) is 9.78. The highest BCUT2D eigenvalue weighted by Gasteiger charge is 2.35. The summed E-state index contributed by atoms with van der Waals surface area (Å²) in [5, 5.41) is 9.58. The van der Waals surface area contributed by atoms with Gasteiger partial charge in [0, 0.05) is 33.9 Å². The average molecular weight is 604 g/mol. The van der Waals surface area contributed by atoms with Gasteiger partial charge in [-0.15, -0.1) is 0 Å². The molecule has 1 aliphatic carbocycles. The number of rotatable bonds is 5. The second kappa shape index (κ2) is 11.3. The molecule has 0 spiro atoms. The number of benzene rings is 5. The largest absolute Gasteiger partial charge is 0.256 e. The molecule has 1 aliphatic rings. The molecule has 222 valence electrons. The summed E-state index contributed by atoms with van der Waals surface area (Å²) in [5.41, 5.74) is 11.9. The molecule has 2 heterocycles. The summed E-state index contributed by atoms with van der Waals surface area (Å²) in [7, 11) is 0. The molecule has 0 atom stereocenters. The van der Waals surface area contributed by atoms with Crippen molar-refractivity contribution in [3.8, 4) is 73.7 Å². The Labute approximate surface area is 273 Å². The van der Waals surface area contributed by atoms with E-state index in [9.17, 15) is 5.26 Å². The van der Waals surface area contributed by atoms with E-state index in [2.05, 4.69) is 62.4 Å². The van der Waals surface area contributed by atoms with Crippen LogP contribution in [0.4, 0.5) is 0 Å². The first-order valence-electron chi connectivity index (χ1n) is 15.6. The molecule has 8 rings (SSSR count). The van der Waals surface area contributed by atoms with Crippen molar-refractivity contribution in [2.45, 2.75) is 19.3 Å². The van der Waals surface area contributed by atoms with Crippen molar-refractivity contribution in [3.63, 3.8) is 0 Å². The third kappa shape index (κ3) is 5.07. The lowest BCUT2D eigenvalue weighted by Crippen LogP contribution is -2.15. The van der Waals surface area contributed by atoms with Crippen molar-refractivity contribution in [2.24, 2.45) is 0 Å². The lowest BCUT2D eigenvalue weighted by atomic mass is 9.81. The maximum Gasteiger partial charge on any atom is 0.164 e. The van der Waals surface area contributed by atoms with Crippen molar-refractivity contribution in [3.05, 3.63) is 156 Å². The van der Waals surface area contributed by atoms with Crippen LogP contribution in [0, 0.1) is 11.3 Å². The van der Waals surface area contributed by atoms with Crippen LogP contribution in [0.3, 0.4) is 0 Å². The highest BCUT2D eigenvalue weighted by molar-refractivity contribution is 5.86. The molecule has 0 bridgehead atoms. The van der Waals surface area contributed by atoms with Crippen molar-refractivity contribution < 1.29 is 0 Å². The Morgan fingerprint density at radius 3 is 1.66 bits per heavy atom. The van der Waals surface area contributed by atoms with Crippen LogP contribution in [0.5, 0.6) is 0 Å². The summed E-state index contributed by atoms with van der Waals surface area (Å²) in [5.74, 6) is 1.83. The lowest BCUT2D eigenvalue weighted by Gasteiger charge is -2.22. The fourth-order valence-corrected chi connectivity index (χ4v) is 6.53. The first-order valence-corrected chi connectivity index (χ1v) is 15.6. The fourth-order valence-electron chi connectivity index (χ4n) is 6.53. The molecule has 47 heavy (non-hydrogen) atoms. The van der Waals surface area contributed by atoms with Gasteiger partial charge in [-0.1, -0.05) is 98.8 Å². The Balaban J connectivity index is 1.32. The standard InChI is InChI=1S/C42H29N5/c1-42(2)36-21-27(26-43)16-18-34(36)35-19-17-30(25-37(35)42)31-22-32(38-15-9-10-20-44-38)24-33(23-31)41-46-39(28-11-5-3-6-12-28)45-40(47-41)29-13-7-4-8-14-29/h3-25H,1-2H3. The summed E-state index contributed by atoms with van der Waals surface area (Å²) in [6.07, 6.45) is 1.82. The minimum atomic E-state index is -0.252. The van der Waals surface area contributed by atoms with E-state index in [1.54, 1.807) is 0 Å². The highest BCUT2D eigenvalue weighted by Crippen LogP contribution is 2.50. The second-order valence-electron chi connectivity index (χ2n) is 12.3. The zero-order valence-corrected chi connectivity index (χ0v) is 26.0. The molecule has 0 aliphatic heterocycles. The number of hydrogen-bond acceptors (Lipinski definition) is 5. The molecule has 5 nitrogen and oxygen atoms in total. The van der Waals surface area contributed by atoms with Gasteiger partial charge in [-0.3, -0.25) is 4.98 Å². The third-order valence-corrected chi connectivity index (χ3v) is 8.99. The summed E-state index contributed by atoms with van der Waals surface area (Å²) in [4.78, 5) is 19.6. The van der Waals surface area contributed by atoms with Gasteiger partial charge in [-0.2, -0.15) is 5.26 Å². The van der Waals surface area contributed by atoms with Crippen molar-refractivity contribution >= 4 is 0 Å². The van der Waals surface area contributed by atoms with Gasteiger partial charge in [0.15, 0.2) is 17.5 Å². The molecule has 5 heteroatoms. The molecule has 7 aromatic rings. The Bertz CT molecular complexity index is 2260. The van der Waals surface area contributed by atoms with Crippen LogP contribution in [0.15, 0.2) is 140 Å². The van der Waals surface area contributed by atoms with E-state index in [0.717, 1.165) is 39.1 Å². The van der Waals surface area contributed by atoms with E-state index in [-0.39, 0.29) is 5.41 Å². The zero-order valence-electron chi connectivity index (χ0n) is 26.0. The predicted molar refractivity (Wildman–Crippen MR) is 187 cm³/mol. The van der Waals surface area contributed by atoms with Gasteiger partial charge in [0.05, 0.1) is 17.3 Å². The second-order valence-corrected chi connectivity index (χ2v) is 12.3. The molecular weight excluding hydrogens is 574 g/mol. The molecule has 0 N–H and O–H groups in total. The van der Waals surface area contributed by atoms with Gasteiger partial charge in [-0.25, -0.2) is 15.0 Å². The Morgan fingerprint density at radius 2 is 1.04 bits per heavy atom. The SMILES string of the molecule is CC1(C)c2cc(C#N)ccc2-c2ccc(-c3cc(-c4ccccn4)cc(-c4nc(-c5ccccc5)nc(-c5ccccc5)n4)c3)cc21. The van der Waals surface area contributed by atoms with Crippen LogP contribution in [0.2, 0.25) is 0 Å². The Kier molecular flexibility index (Phi) is 6.78. The van der Waals surface area contributed by atoms with Crippen LogP contribution in [0.1, 0.15) is 30.5 Å². The molecule has 5 aromatic carbocycles.